The molecular formula is C14H19N3O. The lowest BCUT2D eigenvalue weighted by Crippen LogP contribution is -2.02. The number of nitrogens with zero attached hydrogens (tertiary/aromatic N) is 2. The van der Waals surface area contributed by atoms with Gasteiger partial charge in [0.25, 0.3) is 0 Å². The SMILES string of the molecule is COc1cccc(-n2ncc(CCCN)c2C)c1. The van der Waals surface area contributed by atoms with Crippen molar-refractivity contribution in [1.29, 1.82) is 0 Å². The lowest BCUT2D eigenvalue weighted by Gasteiger charge is -2.07. The molecule has 0 saturated heterocycles. The van der Waals surface area contributed by atoms with Gasteiger partial charge >= 0.3 is 0 Å². The quantitative estimate of drug-likeness (QED) is 0.877. The smallest absolute Gasteiger partial charge is 0.121 e. The van der Waals surface area contributed by atoms with Crippen molar-refractivity contribution in [2.45, 2.75) is 19.8 Å². The molecule has 4 nitrogen and oxygen atoms in total. The number of rotatable bonds is 5. The summed E-state index contributed by atoms with van der Waals surface area (Å²) in [4.78, 5) is 0. The maximum Gasteiger partial charge on any atom is 0.121 e. The Hall–Kier alpha value is -1.81. The molecule has 0 amide bonds. The number of nitrogens with two attached hydrogens (primary N) is 1. The van der Waals surface area contributed by atoms with Gasteiger partial charge in [0.2, 0.25) is 0 Å². The fraction of sp³-hybridized carbons (Fsp3) is 0.357. The summed E-state index contributed by atoms with van der Waals surface area (Å²) in [5.74, 6) is 0.839. The maximum absolute atomic E-state index is 5.54. The third kappa shape index (κ3) is 2.54. The van der Waals surface area contributed by atoms with Crippen LogP contribution in [0, 0.1) is 6.92 Å². The maximum atomic E-state index is 5.54. The first-order chi connectivity index (χ1) is 8.76. The lowest BCUT2D eigenvalue weighted by molar-refractivity contribution is 0.414. The van der Waals surface area contributed by atoms with Crippen LogP contribution < -0.4 is 10.5 Å². The van der Waals surface area contributed by atoms with Gasteiger partial charge in [-0.15, -0.1) is 0 Å². The van der Waals surface area contributed by atoms with Gasteiger partial charge < -0.3 is 10.5 Å². The first-order valence-corrected chi connectivity index (χ1v) is 6.14. The van der Waals surface area contributed by atoms with E-state index in [1.165, 1.54) is 5.56 Å². The molecule has 2 N–H and O–H groups in total. The van der Waals surface area contributed by atoms with Crippen molar-refractivity contribution in [2.75, 3.05) is 13.7 Å². The van der Waals surface area contributed by atoms with Crippen molar-refractivity contribution >= 4 is 0 Å². The lowest BCUT2D eigenvalue weighted by atomic mass is 10.1. The van der Waals surface area contributed by atoms with Crippen LogP contribution in [0.2, 0.25) is 0 Å². The molecule has 0 radical (unpaired) electrons. The zero-order valence-electron chi connectivity index (χ0n) is 10.9. The van der Waals surface area contributed by atoms with Crippen molar-refractivity contribution in [2.24, 2.45) is 5.73 Å². The average molecular weight is 245 g/mol. The van der Waals surface area contributed by atoms with Gasteiger partial charge in [-0.3, -0.25) is 0 Å². The van der Waals surface area contributed by atoms with E-state index in [4.69, 9.17) is 10.5 Å². The van der Waals surface area contributed by atoms with Gasteiger partial charge in [0.1, 0.15) is 5.75 Å². The van der Waals surface area contributed by atoms with E-state index >= 15 is 0 Å². The van der Waals surface area contributed by atoms with Gasteiger partial charge in [0, 0.05) is 11.8 Å². The van der Waals surface area contributed by atoms with Crippen LogP contribution >= 0.6 is 0 Å². The Morgan fingerprint density at radius 2 is 2.22 bits per heavy atom. The molecule has 4 heteroatoms. The van der Waals surface area contributed by atoms with E-state index < -0.39 is 0 Å². The molecule has 1 heterocycles. The molecule has 0 fully saturated rings. The van der Waals surface area contributed by atoms with Crippen LogP contribution in [0.15, 0.2) is 30.5 Å². The van der Waals surface area contributed by atoms with Gasteiger partial charge in [-0.2, -0.15) is 5.10 Å². The first kappa shape index (κ1) is 12.6. The van der Waals surface area contributed by atoms with Gasteiger partial charge in [0.15, 0.2) is 0 Å². The fourth-order valence-electron chi connectivity index (χ4n) is 1.98. The van der Waals surface area contributed by atoms with Crippen LogP contribution in [-0.4, -0.2) is 23.4 Å². The summed E-state index contributed by atoms with van der Waals surface area (Å²) in [6.07, 6.45) is 3.89. The van der Waals surface area contributed by atoms with Gasteiger partial charge in [0.05, 0.1) is 19.0 Å². The number of methoxy groups -OCH3 is 1. The van der Waals surface area contributed by atoms with Crippen molar-refractivity contribution < 1.29 is 4.74 Å². The largest absolute Gasteiger partial charge is 0.497 e. The number of ether oxygens (including phenoxy) is 1. The van der Waals surface area contributed by atoms with Crippen LogP contribution in [0.4, 0.5) is 0 Å². The third-order valence-corrected chi connectivity index (χ3v) is 3.06. The summed E-state index contributed by atoms with van der Waals surface area (Å²) in [5, 5.41) is 4.43. The number of hydrogen-bond acceptors (Lipinski definition) is 3. The Kier molecular flexibility index (Phi) is 3.99. The number of aryl methyl sites for hydroxylation is 1. The molecule has 0 aliphatic rings. The summed E-state index contributed by atoms with van der Waals surface area (Å²) >= 11 is 0. The van der Waals surface area contributed by atoms with Crippen molar-refractivity contribution in [1.82, 2.24) is 9.78 Å². The van der Waals surface area contributed by atoms with Crippen molar-refractivity contribution in [3.05, 3.63) is 41.7 Å². The number of hydrogen-bond donors (Lipinski definition) is 1. The predicted octanol–water partition coefficient (Wildman–Crippen LogP) is 2.08. The minimum Gasteiger partial charge on any atom is -0.497 e. The molecule has 1 aromatic heterocycles. The zero-order valence-corrected chi connectivity index (χ0v) is 10.9. The van der Waals surface area contributed by atoms with E-state index in [1.807, 2.05) is 35.1 Å². The van der Waals surface area contributed by atoms with Gasteiger partial charge in [-0.25, -0.2) is 4.68 Å². The van der Waals surface area contributed by atoms with E-state index in [-0.39, 0.29) is 0 Å². The minimum absolute atomic E-state index is 0.712. The van der Waals surface area contributed by atoms with Crippen LogP contribution in [0.5, 0.6) is 5.75 Å². The minimum atomic E-state index is 0.712. The summed E-state index contributed by atoms with van der Waals surface area (Å²) in [6, 6.07) is 7.90. The summed E-state index contributed by atoms with van der Waals surface area (Å²) < 4.78 is 7.17. The van der Waals surface area contributed by atoms with E-state index in [9.17, 15) is 0 Å². The van der Waals surface area contributed by atoms with Crippen LogP contribution in [0.25, 0.3) is 5.69 Å². The fourth-order valence-corrected chi connectivity index (χ4v) is 1.98. The molecule has 0 unspecified atom stereocenters. The highest BCUT2D eigenvalue weighted by molar-refractivity contribution is 5.40. The molecule has 0 aliphatic heterocycles. The molecular weight excluding hydrogens is 226 g/mol. The molecule has 0 aliphatic carbocycles. The van der Waals surface area contributed by atoms with E-state index in [0.717, 1.165) is 30.0 Å². The van der Waals surface area contributed by atoms with Crippen LogP contribution in [0.3, 0.4) is 0 Å². The summed E-state index contributed by atoms with van der Waals surface area (Å²) in [7, 11) is 1.67. The second-order valence-corrected chi connectivity index (χ2v) is 4.26. The molecule has 0 atom stereocenters. The topological polar surface area (TPSA) is 53.1 Å². The third-order valence-electron chi connectivity index (χ3n) is 3.06. The predicted molar refractivity (Wildman–Crippen MR) is 72.2 cm³/mol. The second-order valence-electron chi connectivity index (χ2n) is 4.26. The van der Waals surface area contributed by atoms with E-state index in [0.29, 0.717) is 6.54 Å². The monoisotopic (exact) mass is 245 g/mol. The normalized spacial score (nSPS) is 10.6. The van der Waals surface area contributed by atoms with Crippen molar-refractivity contribution in [3.8, 4) is 11.4 Å². The Bertz CT molecular complexity index is 520. The van der Waals surface area contributed by atoms with Gasteiger partial charge in [-0.05, 0) is 44.0 Å². The first-order valence-electron chi connectivity index (χ1n) is 6.14. The van der Waals surface area contributed by atoms with Crippen LogP contribution in [0.1, 0.15) is 17.7 Å². The molecule has 0 bridgehead atoms. The Labute approximate surface area is 107 Å². The molecule has 18 heavy (non-hydrogen) atoms. The highest BCUT2D eigenvalue weighted by atomic mass is 16.5. The average Bonchev–Trinajstić information content (AvgIpc) is 2.78. The standard InChI is InChI=1S/C14H19N3O/c1-11-12(5-4-8-15)10-16-17(11)13-6-3-7-14(9-13)18-2/h3,6-7,9-10H,4-5,8,15H2,1-2H3. The highest BCUT2D eigenvalue weighted by Crippen LogP contribution is 2.19. The van der Waals surface area contributed by atoms with Crippen LogP contribution in [-0.2, 0) is 6.42 Å². The number of aromatic nitrogens is 2. The molecule has 0 saturated carbocycles. The van der Waals surface area contributed by atoms with E-state index in [2.05, 4.69) is 12.0 Å². The summed E-state index contributed by atoms with van der Waals surface area (Å²) in [5.41, 5.74) is 8.97. The Morgan fingerprint density at radius 1 is 1.39 bits per heavy atom. The molecule has 2 aromatic rings. The van der Waals surface area contributed by atoms with Gasteiger partial charge in [-0.1, -0.05) is 6.07 Å². The molecule has 96 valence electrons. The Morgan fingerprint density at radius 3 is 2.94 bits per heavy atom. The van der Waals surface area contributed by atoms with Crippen molar-refractivity contribution in [3.63, 3.8) is 0 Å². The highest BCUT2D eigenvalue weighted by Gasteiger charge is 2.08. The number of benzene rings is 1. The second kappa shape index (κ2) is 5.69. The van der Waals surface area contributed by atoms with E-state index in [1.54, 1.807) is 7.11 Å². The molecule has 1 aromatic carbocycles. The molecule has 0 spiro atoms. The molecule has 2 rings (SSSR count). The Balaban J connectivity index is 2.30. The summed E-state index contributed by atoms with van der Waals surface area (Å²) in [6.45, 7) is 2.79. The zero-order chi connectivity index (χ0) is 13.0.